The van der Waals surface area contributed by atoms with Crippen molar-refractivity contribution in [3.8, 4) is 17.2 Å². The summed E-state index contributed by atoms with van der Waals surface area (Å²) < 4.78 is 21.9. The molecule has 3 aliphatic rings. The van der Waals surface area contributed by atoms with Crippen LogP contribution in [0.2, 0.25) is 0 Å². The van der Waals surface area contributed by atoms with Crippen molar-refractivity contribution < 1.29 is 33.6 Å². The Morgan fingerprint density at radius 1 is 1.16 bits per heavy atom. The SMILES string of the molecule is COc1cccc(C(O)=C2C(=O)C(=O)N(C[C@@H]3CCCO3)[C@@H]2c2ccc3c(c2)OCO3)c1. The molecule has 0 bridgehead atoms. The van der Waals surface area contributed by atoms with Crippen molar-refractivity contribution in [3.05, 3.63) is 59.2 Å². The van der Waals surface area contributed by atoms with Crippen LogP contribution in [0.25, 0.3) is 5.76 Å². The number of aliphatic hydroxyl groups excluding tert-OH is 1. The molecule has 0 aliphatic carbocycles. The molecule has 32 heavy (non-hydrogen) atoms. The number of amides is 1. The van der Waals surface area contributed by atoms with Crippen LogP contribution in [-0.2, 0) is 14.3 Å². The Morgan fingerprint density at radius 3 is 2.78 bits per heavy atom. The maximum Gasteiger partial charge on any atom is 0.295 e. The van der Waals surface area contributed by atoms with Crippen LogP contribution < -0.4 is 14.2 Å². The Morgan fingerprint density at radius 2 is 2.00 bits per heavy atom. The number of benzene rings is 2. The van der Waals surface area contributed by atoms with E-state index >= 15 is 0 Å². The smallest absolute Gasteiger partial charge is 0.295 e. The van der Waals surface area contributed by atoms with Crippen molar-refractivity contribution in [2.24, 2.45) is 0 Å². The number of rotatable bonds is 5. The average molecular weight is 437 g/mol. The summed E-state index contributed by atoms with van der Waals surface area (Å²) in [6.45, 7) is 1.00. The van der Waals surface area contributed by atoms with Crippen molar-refractivity contribution in [2.75, 3.05) is 27.1 Å². The molecule has 2 saturated heterocycles. The Kier molecular flexibility index (Phi) is 5.22. The number of ketones is 1. The van der Waals surface area contributed by atoms with E-state index in [0.717, 1.165) is 12.8 Å². The summed E-state index contributed by atoms with van der Waals surface area (Å²) in [4.78, 5) is 27.7. The fraction of sp³-hybridized carbons (Fsp3) is 0.333. The Labute approximate surface area is 184 Å². The molecular weight excluding hydrogens is 414 g/mol. The van der Waals surface area contributed by atoms with Gasteiger partial charge in [-0.3, -0.25) is 9.59 Å². The minimum Gasteiger partial charge on any atom is -0.507 e. The van der Waals surface area contributed by atoms with Crippen LogP contribution in [-0.4, -0.2) is 54.9 Å². The van der Waals surface area contributed by atoms with Crippen LogP contribution in [0.4, 0.5) is 0 Å². The molecule has 2 atom stereocenters. The van der Waals surface area contributed by atoms with Crippen molar-refractivity contribution in [3.63, 3.8) is 0 Å². The van der Waals surface area contributed by atoms with E-state index in [2.05, 4.69) is 0 Å². The Balaban J connectivity index is 1.62. The number of ether oxygens (including phenoxy) is 4. The lowest BCUT2D eigenvalue weighted by Crippen LogP contribution is -2.36. The molecule has 8 heteroatoms. The second-order valence-corrected chi connectivity index (χ2v) is 7.93. The minimum absolute atomic E-state index is 0.0279. The zero-order valence-electron chi connectivity index (χ0n) is 17.6. The largest absolute Gasteiger partial charge is 0.507 e. The standard InChI is InChI=1S/C24H23NO7/c1-29-16-5-2-4-15(10-16)22(26)20-21(14-7-8-18-19(11-14)32-13-31-18)25(24(28)23(20)27)12-17-6-3-9-30-17/h2,4-5,7-8,10-11,17,21,26H,3,6,9,12-13H2,1H3/t17-,21+/m0/s1. The molecule has 0 aromatic heterocycles. The number of methoxy groups -OCH3 is 1. The number of nitrogens with zero attached hydrogens (tertiary/aromatic N) is 1. The summed E-state index contributed by atoms with van der Waals surface area (Å²) in [5, 5.41) is 11.2. The van der Waals surface area contributed by atoms with Crippen molar-refractivity contribution in [2.45, 2.75) is 25.0 Å². The number of carbonyl (C=O) groups excluding carboxylic acids is 2. The molecule has 1 N–H and O–H groups in total. The van der Waals surface area contributed by atoms with E-state index in [-0.39, 0.29) is 30.8 Å². The van der Waals surface area contributed by atoms with Gasteiger partial charge in [0, 0.05) is 18.7 Å². The van der Waals surface area contributed by atoms with Gasteiger partial charge in [-0.1, -0.05) is 18.2 Å². The zero-order valence-corrected chi connectivity index (χ0v) is 17.6. The van der Waals surface area contributed by atoms with Crippen molar-refractivity contribution in [1.29, 1.82) is 0 Å². The number of aliphatic hydroxyl groups is 1. The van der Waals surface area contributed by atoms with Gasteiger partial charge in [-0.25, -0.2) is 0 Å². The summed E-state index contributed by atoms with van der Waals surface area (Å²) in [5.41, 5.74) is 1.07. The van der Waals surface area contributed by atoms with Gasteiger partial charge in [0.25, 0.3) is 11.7 Å². The number of carbonyl (C=O) groups is 2. The predicted octanol–water partition coefficient (Wildman–Crippen LogP) is 3.02. The van der Waals surface area contributed by atoms with Crippen molar-refractivity contribution >= 4 is 17.4 Å². The second-order valence-electron chi connectivity index (χ2n) is 7.93. The first-order chi connectivity index (χ1) is 15.6. The number of hydrogen-bond donors (Lipinski definition) is 1. The third-order valence-corrected chi connectivity index (χ3v) is 6.02. The Hall–Kier alpha value is -3.52. The molecular formula is C24H23NO7. The maximum absolute atomic E-state index is 13.1. The number of likely N-dealkylation sites (tertiary alicyclic amines) is 1. The number of hydrogen-bond acceptors (Lipinski definition) is 7. The zero-order chi connectivity index (χ0) is 22.2. The molecule has 8 nitrogen and oxygen atoms in total. The topological polar surface area (TPSA) is 94.5 Å². The molecule has 5 rings (SSSR count). The van der Waals surface area contributed by atoms with Gasteiger partial charge in [0.2, 0.25) is 6.79 Å². The molecule has 1 amide bonds. The van der Waals surface area contributed by atoms with Gasteiger partial charge in [-0.2, -0.15) is 0 Å². The van der Waals surface area contributed by atoms with Crippen LogP contribution in [0.1, 0.15) is 30.0 Å². The van der Waals surface area contributed by atoms with E-state index in [4.69, 9.17) is 18.9 Å². The quantitative estimate of drug-likeness (QED) is 0.437. The first kappa shape index (κ1) is 20.4. The number of fused-ring (bicyclic) bond motifs is 1. The lowest BCUT2D eigenvalue weighted by Gasteiger charge is -2.27. The number of Topliss-reactive ketones (excluding diaryl/α,β-unsaturated/α-hetero) is 1. The molecule has 166 valence electrons. The van der Waals surface area contributed by atoms with Crippen molar-refractivity contribution in [1.82, 2.24) is 4.90 Å². The summed E-state index contributed by atoms with van der Waals surface area (Å²) in [5.74, 6) is 0.0184. The molecule has 2 fully saturated rings. The maximum atomic E-state index is 13.1. The first-order valence-corrected chi connectivity index (χ1v) is 10.5. The highest BCUT2D eigenvalue weighted by atomic mass is 16.7. The van der Waals surface area contributed by atoms with Crippen LogP contribution >= 0.6 is 0 Å². The van der Waals surface area contributed by atoms with Gasteiger partial charge >= 0.3 is 0 Å². The highest BCUT2D eigenvalue weighted by Gasteiger charge is 2.47. The molecule has 3 heterocycles. The van der Waals surface area contributed by atoms with Gasteiger partial charge in [0.15, 0.2) is 11.5 Å². The van der Waals surface area contributed by atoms with Gasteiger partial charge in [-0.05, 0) is 42.7 Å². The monoisotopic (exact) mass is 437 g/mol. The lowest BCUT2D eigenvalue weighted by molar-refractivity contribution is -0.140. The molecule has 0 saturated carbocycles. The summed E-state index contributed by atoms with van der Waals surface area (Å²) in [6, 6.07) is 11.2. The molecule has 0 unspecified atom stereocenters. The van der Waals surface area contributed by atoms with Gasteiger partial charge in [0.05, 0.1) is 24.8 Å². The molecule has 2 aromatic carbocycles. The van der Waals surface area contributed by atoms with E-state index < -0.39 is 17.7 Å². The predicted molar refractivity (Wildman–Crippen MR) is 114 cm³/mol. The van der Waals surface area contributed by atoms with Crippen LogP contribution in [0, 0.1) is 0 Å². The molecule has 2 aromatic rings. The van der Waals surface area contributed by atoms with E-state index in [9.17, 15) is 14.7 Å². The second kappa shape index (κ2) is 8.20. The Bertz CT molecular complexity index is 1100. The minimum atomic E-state index is -0.778. The van der Waals surface area contributed by atoms with Crippen LogP contribution in [0.5, 0.6) is 17.2 Å². The van der Waals surface area contributed by atoms with E-state index in [0.29, 0.717) is 35.0 Å². The van der Waals surface area contributed by atoms with Gasteiger partial charge in [-0.15, -0.1) is 0 Å². The fourth-order valence-electron chi connectivity index (χ4n) is 4.43. The lowest BCUT2D eigenvalue weighted by atomic mass is 9.94. The van der Waals surface area contributed by atoms with E-state index in [1.165, 1.54) is 12.0 Å². The van der Waals surface area contributed by atoms with Crippen LogP contribution in [0.3, 0.4) is 0 Å². The van der Waals surface area contributed by atoms with Gasteiger partial charge in [0.1, 0.15) is 11.5 Å². The molecule has 3 aliphatic heterocycles. The van der Waals surface area contributed by atoms with Crippen LogP contribution in [0.15, 0.2) is 48.0 Å². The van der Waals surface area contributed by atoms with E-state index in [1.54, 1.807) is 42.5 Å². The third kappa shape index (κ3) is 3.46. The van der Waals surface area contributed by atoms with E-state index in [1.807, 2.05) is 0 Å². The van der Waals surface area contributed by atoms with Gasteiger partial charge < -0.3 is 29.0 Å². The highest BCUT2D eigenvalue weighted by molar-refractivity contribution is 6.46. The summed E-state index contributed by atoms with van der Waals surface area (Å²) >= 11 is 0. The fourth-order valence-corrected chi connectivity index (χ4v) is 4.43. The summed E-state index contributed by atoms with van der Waals surface area (Å²) in [6.07, 6.45) is 1.57. The normalized spacial score (nSPS) is 23.7. The highest BCUT2D eigenvalue weighted by Crippen LogP contribution is 2.43. The third-order valence-electron chi connectivity index (χ3n) is 6.02. The average Bonchev–Trinajstić information content (AvgIpc) is 3.55. The first-order valence-electron chi connectivity index (χ1n) is 10.5. The summed E-state index contributed by atoms with van der Waals surface area (Å²) in [7, 11) is 1.52. The molecule has 0 spiro atoms. The molecule has 0 radical (unpaired) electrons.